The minimum Gasteiger partial charge on any atom is -0.323 e. The van der Waals surface area contributed by atoms with Gasteiger partial charge in [0.1, 0.15) is 0 Å². The van der Waals surface area contributed by atoms with Crippen LogP contribution in [-0.4, -0.2) is 0 Å². The fourth-order valence-electron chi connectivity index (χ4n) is 2.09. The van der Waals surface area contributed by atoms with Gasteiger partial charge < -0.3 is 5.73 Å². The summed E-state index contributed by atoms with van der Waals surface area (Å²) in [5.74, 6) is 0. The fraction of sp³-hybridized carbons (Fsp3) is 0.143. The summed E-state index contributed by atoms with van der Waals surface area (Å²) >= 11 is 7.06. The van der Waals surface area contributed by atoms with Crippen molar-refractivity contribution in [1.82, 2.24) is 0 Å². The Hall–Kier alpha value is -0.680. The lowest BCUT2D eigenvalue weighted by atomic mass is 10.0. The van der Waals surface area contributed by atoms with Crippen molar-refractivity contribution in [3.63, 3.8) is 0 Å². The van der Waals surface area contributed by atoms with Crippen LogP contribution in [0.2, 0.25) is 0 Å². The standard InChI is InChI=1S/C14H12BrNS2/c15-11-5-6-17-14(11)12(16)7-9-8-18-13-4-2-1-3-10(9)13/h1-6,8,12H,7,16H2. The van der Waals surface area contributed by atoms with Gasteiger partial charge in [-0.25, -0.2) is 0 Å². The molecule has 0 spiro atoms. The molecule has 0 amide bonds. The first-order chi connectivity index (χ1) is 8.75. The number of benzene rings is 1. The maximum absolute atomic E-state index is 6.31. The molecule has 0 aliphatic heterocycles. The molecule has 4 heteroatoms. The van der Waals surface area contributed by atoms with Gasteiger partial charge in [0, 0.05) is 20.1 Å². The summed E-state index contributed by atoms with van der Waals surface area (Å²) in [6.07, 6.45) is 0.892. The normalized spacial score (nSPS) is 13.0. The van der Waals surface area contributed by atoms with Gasteiger partial charge in [0.25, 0.3) is 0 Å². The van der Waals surface area contributed by atoms with Gasteiger partial charge in [-0.05, 0) is 56.2 Å². The Kier molecular flexibility index (Phi) is 3.52. The number of halogens is 1. The summed E-state index contributed by atoms with van der Waals surface area (Å²) in [6, 6.07) is 10.6. The number of rotatable bonds is 3. The second-order valence-corrected chi connectivity index (χ2v) is 6.91. The lowest BCUT2D eigenvalue weighted by Crippen LogP contribution is -2.12. The number of hydrogen-bond acceptors (Lipinski definition) is 3. The molecule has 92 valence electrons. The van der Waals surface area contributed by atoms with Gasteiger partial charge in [-0.1, -0.05) is 18.2 Å². The van der Waals surface area contributed by atoms with Crippen LogP contribution >= 0.6 is 38.6 Å². The van der Waals surface area contributed by atoms with E-state index >= 15 is 0 Å². The van der Waals surface area contributed by atoms with Crippen LogP contribution in [0.5, 0.6) is 0 Å². The molecule has 3 aromatic rings. The van der Waals surface area contributed by atoms with Crippen LogP contribution in [0.1, 0.15) is 16.5 Å². The van der Waals surface area contributed by atoms with Crippen LogP contribution in [0.4, 0.5) is 0 Å². The topological polar surface area (TPSA) is 26.0 Å². The van der Waals surface area contributed by atoms with Gasteiger partial charge in [-0.3, -0.25) is 0 Å². The van der Waals surface area contributed by atoms with Crippen molar-refractivity contribution in [2.75, 3.05) is 0 Å². The zero-order valence-electron chi connectivity index (χ0n) is 9.60. The highest BCUT2D eigenvalue weighted by atomic mass is 79.9. The van der Waals surface area contributed by atoms with E-state index in [0.717, 1.165) is 10.9 Å². The van der Waals surface area contributed by atoms with E-state index in [2.05, 4.69) is 57.0 Å². The van der Waals surface area contributed by atoms with Crippen molar-refractivity contribution < 1.29 is 0 Å². The Morgan fingerprint density at radius 3 is 2.78 bits per heavy atom. The van der Waals surface area contributed by atoms with Crippen molar-refractivity contribution >= 4 is 48.7 Å². The Labute approximate surface area is 122 Å². The molecule has 2 N–H and O–H groups in total. The molecule has 0 fully saturated rings. The van der Waals surface area contributed by atoms with E-state index in [-0.39, 0.29) is 6.04 Å². The van der Waals surface area contributed by atoms with Crippen molar-refractivity contribution in [3.8, 4) is 0 Å². The molecular formula is C14H12BrNS2. The molecule has 1 atom stereocenters. The molecule has 0 saturated heterocycles. The van der Waals surface area contributed by atoms with Gasteiger partial charge in [-0.2, -0.15) is 0 Å². The van der Waals surface area contributed by atoms with E-state index in [9.17, 15) is 0 Å². The van der Waals surface area contributed by atoms with Gasteiger partial charge >= 0.3 is 0 Å². The van der Waals surface area contributed by atoms with Crippen molar-refractivity contribution in [1.29, 1.82) is 0 Å². The quantitative estimate of drug-likeness (QED) is 0.717. The molecule has 2 heterocycles. The van der Waals surface area contributed by atoms with Gasteiger partial charge in [-0.15, -0.1) is 22.7 Å². The van der Waals surface area contributed by atoms with Crippen LogP contribution < -0.4 is 5.73 Å². The molecular weight excluding hydrogens is 326 g/mol. The van der Waals surface area contributed by atoms with E-state index in [1.165, 1.54) is 20.5 Å². The molecule has 2 aromatic heterocycles. The predicted octanol–water partition coefficient (Wildman–Crippen LogP) is 4.97. The molecule has 0 aliphatic carbocycles. The largest absolute Gasteiger partial charge is 0.323 e. The van der Waals surface area contributed by atoms with Gasteiger partial charge in [0.15, 0.2) is 0 Å². The molecule has 1 unspecified atom stereocenters. The van der Waals surface area contributed by atoms with Crippen LogP contribution in [0.15, 0.2) is 45.6 Å². The third kappa shape index (κ3) is 2.26. The predicted molar refractivity (Wildman–Crippen MR) is 84.5 cm³/mol. The number of fused-ring (bicyclic) bond motifs is 1. The Morgan fingerprint density at radius 1 is 1.17 bits per heavy atom. The van der Waals surface area contributed by atoms with Gasteiger partial charge in [0.05, 0.1) is 0 Å². The molecule has 0 aliphatic rings. The van der Waals surface area contributed by atoms with Crippen LogP contribution in [0.3, 0.4) is 0 Å². The van der Waals surface area contributed by atoms with Crippen molar-refractivity contribution in [2.45, 2.75) is 12.5 Å². The van der Waals surface area contributed by atoms with Crippen LogP contribution in [0, 0.1) is 0 Å². The lowest BCUT2D eigenvalue weighted by molar-refractivity contribution is 0.739. The van der Waals surface area contributed by atoms with E-state index in [1.807, 2.05) is 0 Å². The maximum atomic E-state index is 6.31. The van der Waals surface area contributed by atoms with Gasteiger partial charge in [0.2, 0.25) is 0 Å². The van der Waals surface area contributed by atoms with E-state index in [0.29, 0.717) is 0 Å². The highest BCUT2D eigenvalue weighted by molar-refractivity contribution is 9.10. The highest BCUT2D eigenvalue weighted by Crippen LogP contribution is 2.33. The first kappa shape index (κ1) is 12.4. The molecule has 0 bridgehead atoms. The number of hydrogen-bond donors (Lipinski definition) is 1. The minimum absolute atomic E-state index is 0.0670. The zero-order valence-corrected chi connectivity index (χ0v) is 12.8. The number of thiophene rings is 2. The molecule has 0 radical (unpaired) electrons. The Bertz CT molecular complexity index is 671. The summed E-state index contributed by atoms with van der Waals surface area (Å²) in [5.41, 5.74) is 7.66. The first-order valence-electron chi connectivity index (χ1n) is 5.69. The average Bonchev–Trinajstić information content (AvgIpc) is 2.97. The molecule has 1 nitrogen and oxygen atoms in total. The van der Waals surface area contributed by atoms with Crippen molar-refractivity contribution in [3.05, 3.63) is 56.0 Å². The molecule has 3 rings (SSSR count). The number of nitrogens with two attached hydrogens (primary N) is 1. The summed E-state index contributed by atoms with van der Waals surface area (Å²) in [5, 5.41) is 5.64. The summed E-state index contributed by atoms with van der Waals surface area (Å²) < 4.78 is 2.46. The minimum atomic E-state index is 0.0670. The Balaban J connectivity index is 1.91. The smallest absolute Gasteiger partial charge is 0.0442 e. The van der Waals surface area contributed by atoms with Crippen LogP contribution in [-0.2, 0) is 6.42 Å². The van der Waals surface area contributed by atoms with Crippen molar-refractivity contribution in [2.24, 2.45) is 5.73 Å². The lowest BCUT2D eigenvalue weighted by Gasteiger charge is -2.09. The maximum Gasteiger partial charge on any atom is 0.0442 e. The Morgan fingerprint density at radius 2 is 2.00 bits per heavy atom. The monoisotopic (exact) mass is 337 g/mol. The zero-order chi connectivity index (χ0) is 12.5. The third-order valence-corrected chi connectivity index (χ3v) is 6.00. The third-order valence-electron chi connectivity index (χ3n) is 2.98. The molecule has 1 aromatic carbocycles. The average molecular weight is 338 g/mol. The summed E-state index contributed by atoms with van der Waals surface area (Å²) in [6.45, 7) is 0. The first-order valence-corrected chi connectivity index (χ1v) is 8.24. The molecule has 18 heavy (non-hydrogen) atoms. The van der Waals surface area contributed by atoms with E-state index in [1.54, 1.807) is 22.7 Å². The van der Waals surface area contributed by atoms with E-state index in [4.69, 9.17) is 5.73 Å². The fourth-order valence-corrected chi connectivity index (χ4v) is 4.74. The second kappa shape index (κ2) is 5.13. The van der Waals surface area contributed by atoms with Crippen LogP contribution in [0.25, 0.3) is 10.1 Å². The summed E-state index contributed by atoms with van der Waals surface area (Å²) in [7, 11) is 0. The van der Waals surface area contributed by atoms with E-state index < -0.39 is 0 Å². The highest BCUT2D eigenvalue weighted by Gasteiger charge is 2.14. The summed E-state index contributed by atoms with van der Waals surface area (Å²) in [4.78, 5) is 1.23. The SMILES string of the molecule is NC(Cc1csc2ccccc12)c1sccc1Br. The molecule has 0 saturated carbocycles. The second-order valence-electron chi connectivity index (χ2n) is 4.20.